The molecule has 0 radical (unpaired) electrons. The van der Waals surface area contributed by atoms with Gasteiger partial charge in [-0.1, -0.05) is 47.8 Å². The van der Waals surface area contributed by atoms with Crippen LogP contribution in [-0.4, -0.2) is 31.2 Å². The maximum atomic E-state index is 13.2. The first-order valence-corrected chi connectivity index (χ1v) is 11.2. The van der Waals surface area contributed by atoms with Gasteiger partial charge < -0.3 is 5.32 Å². The lowest BCUT2D eigenvalue weighted by molar-refractivity contribution is -0.122. The van der Waals surface area contributed by atoms with E-state index in [1.165, 1.54) is 24.3 Å². The lowest BCUT2D eigenvalue weighted by Crippen LogP contribution is -2.43. The van der Waals surface area contributed by atoms with E-state index in [4.69, 9.17) is 34.8 Å². The van der Waals surface area contributed by atoms with Crippen molar-refractivity contribution in [3.63, 3.8) is 0 Å². The van der Waals surface area contributed by atoms with Gasteiger partial charge in [-0.3, -0.25) is 4.79 Å². The van der Waals surface area contributed by atoms with Gasteiger partial charge in [-0.2, -0.15) is 4.31 Å². The number of nitrogens with zero attached hydrogens (tertiary/aromatic N) is 1. The summed E-state index contributed by atoms with van der Waals surface area (Å²) < 4.78 is 27.4. The molecular weight excluding hydrogens is 443 g/mol. The van der Waals surface area contributed by atoms with E-state index in [1.54, 1.807) is 18.2 Å². The maximum absolute atomic E-state index is 13.2. The molecule has 1 amide bonds. The average molecular weight is 464 g/mol. The molecule has 1 atom stereocenters. The summed E-state index contributed by atoms with van der Waals surface area (Å²) in [5, 5.41) is 3.84. The number of rotatable bonds is 8. The van der Waals surface area contributed by atoms with E-state index in [-0.39, 0.29) is 24.0 Å². The van der Waals surface area contributed by atoms with Gasteiger partial charge in [0.05, 0.1) is 11.4 Å². The summed E-state index contributed by atoms with van der Waals surface area (Å²) in [6.07, 6.45) is 0.728. The number of amides is 1. The molecule has 5 nitrogen and oxygen atoms in total. The van der Waals surface area contributed by atoms with Crippen LogP contribution in [0.2, 0.25) is 15.1 Å². The Labute approximate surface area is 180 Å². The number of halogens is 3. The van der Waals surface area contributed by atoms with Gasteiger partial charge in [0.25, 0.3) is 0 Å². The molecule has 2 rings (SSSR count). The monoisotopic (exact) mass is 462 g/mol. The number of sulfonamides is 1. The lowest BCUT2D eigenvalue weighted by Gasteiger charge is -2.24. The number of hydrogen-bond donors (Lipinski definition) is 1. The summed E-state index contributed by atoms with van der Waals surface area (Å²) in [6, 6.07) is 10.6. The molecule has 0 heterocycles. The van der Waals surface area contributed by atoms with Gasteiger partial charge in [-0.05, 0) is 49.7 Å². The molecule has 2 aromatic rings. The highest BCUT2D eigenvalue weighted by molar-refractivity contribution is 7.89. The minimum atomic E-state index is -3.99. The van der Waals surface area contributed by atoms with Crippen LogP contribution in [0.25, 0.3) is 0 Å². The Hall–Kier alpha value is -1.31. The Bertz CT molecular complexity index is 914. The van der Waals surface area contributed by atoms with Gasteiger partial charge in [0.2, 0.25) is 15.9 Å². The van der Waals surface area contributed by atoms with Crippen molar-refractivity contribution < 1.29 is 13.2 Å². The first-order chi connectivity index (χ1) is 13.1. The predicted octanol–water partition coefficient (Wildman–Crippen LogP) is 4.75. The van der Waals surface area contributed by atoms with Crippen molar-refractivity contribution in [2.75, 3.05) is 6.54 Å². The molecule has 0 fully saturated rings. The van der Waals surface area contributed by atoms with E-state index < -0.39 is 15.9 Å². The zero-order valence-electron chi connectivity index (χ0n) is 15.5. The Morgan fingerprint density at radius 3 is 2.18 bits per heavy atom. The highest BCUT2D eigenvalue weighted by atomic mass is 35.5. The standard InChI is InChI=1S/C19H21Cl3N2O3S/c1-3-13(2)23-19(25)12-24(11-16-17(21)5-4-6-18(16)22)28(26,27)15-9-7-14(20)8-10-15/h4-10,13H,3,11-12H2,1-2H3,(H,23,25). The third-order valence-corrected chi connectivity index (χ3v) is 6.95. The summed E-state index contributed by atoms with van der Waals surface area (Å²) in [5.74, 6) is -0.407. The summed E-state index contributed by atoms with van der Waals surface area (Å²) in [7, 11) is -3.99. The minimum absolute atomic E-state index is 0.0245. The summed E-state index contributed by atoms with van der Waals surface area (Å²) in [5.41, 5.74) is 0.430. The van der Waals surface area contributed by atoms with Crippen LogP contribution in [0.5, 0.6) is 0 Å². The summed E-state index contributed by atoms with van der Waals surface area (Å²) >= 11 is 18.3. The molecule has 0 aromatic heterocycles. The number of hydrogen-bond acceptors (Lipinski definition) is 3. The molecular formula is C19H21Cl3N2O3S. The normalized spacial score (nSPS) is 12.8. The average Bonchev–Trinajstić information content (AvgIpc) is 2.64. The molecule has 0 spiro atoms. The van der Waals surface area contributed by atoms with Crippen LogP contribution in [-0.2, 0) is 21.4 Å². The molecule has 0 aliphatic heterocycles. The van der Waals surface area contributed by atoms with E-state index in [0.29, 0.717) is 20.6 Å². The Morgan fingerprint density at radius 1 is 1.07 bits per heavy atom. The third-order valence-electron chi connectivity index (χ3n) is 4.19. The second kappa shape index (κ2) is 9.94. The second-order valence-corrected chi connectivity index (χ2v) is 9.49. The van der Waals surface area contributed by atoms with E-state index in [0.717, 1.165) is 10.7 Å². The van der Waals surface area contributed by atoms with Crippen LogP contribution in [0, 0.1) is 0 Å². The molecule has 0 saturated carbocycles. The molecule has 2 aromatic carbocycles. The van der Waals surface area contributed by atoms with Crippen LogP contribution in [0.15, 0.2) is 47.4 Å². The first-order valence-electron chi connectivity index (χ1n) is 8.63. The van der Waals surface area contributed by atoms with Gasteiger partial charge >= 0.3 is 0 Å². The van der Waals surface area contributed by atoms with E-state index >= 15 is 0 Å². The molecule has 0 saturated heterocycles. The first kappa shape index (κ1) is 23.0. The molecule has 152 valence electrons. The minimum Gasteiger partial charge on any atom is -0.353 e. The number of benzene rings is 2. The number of carbonyl (C=O) groups excluding carboxylic acids is 1. The van der Waals surface area contributed by atoms with Crippen LogP contribution in [0.1, 0.15) is 25.8 Å². The highest BCUT2D eigenvalue weighted by Gasteiger charge is 2.28. The van der Waals surface area contributed by atoms with Crippen LogP contribution < -0.4 is 5.32 Å². The van der Waals surface area contributed by atoms with Gasteiger partial charge in [-0.15, -0.1) is 0 Å². The van der Waals surface area contributed by atoms with Gasteiger partial charge in [-0.25, -0.2) is 8.42 Å². The van der Waals surface area contributed by atoms with Crippen LogP contribution >= 0.6 is 34.8 Å². The summed E-state index contributed by atoms with van der Waals surface area (Å²) in [4.78, 5) is 12.4. The molecule has 28 heavy (non-hydrogen) atoms. The number of carbonyl (C=O) groups is 1. The SMILES string of the molecule is CCC(C)NC(=O)CN(Cc1c(Cl)cccc1Cl)S(=O)(=O)c1ccc(Cl)cc1. The quantitative estimate of drug-likeness (QED) is 0.614. The van der Waals surface area contributed by atoms with Crippen molar-refractivity contribution in [1.29, 1.82) is 0 Å². The van der Waals surface area contributed by atoms with Crippen LogP contribution in [0.3, 0.4) is 0 Å². The largest absolute Gasteiger partial charge is 0.353 e. The maximum Gasteiger partial charge on any atom is 0.243 e. The van der Waals surface area contributed by atoms with Crippen molar-refractivity contribution in [3.05, 3.63) is 63.1 Å². The summed E-state index contributed by atoms with van der Waals surface area (Å²) in [6.45, 7) is 3.27. The second-order valence-electron chi connectivity index (χ2n) is 6.30. The van der Waals surface area contributed by atoms with Crippen molar-refractivity contribution in [1.82, 2.24) is 9.62 Å². The predicted molar refractivity (Wildman–Crippen MR) is 113 cm³/mol. The molecule has 0 bridgehead atoms. The lowest BCUT2D eigenvalue weighted by atomic mass is 10.2. The highest BCUT2D eigenvalue weighted by Crippen LogP contribution is 2.28. The fraction of sp³-hybridized carbons (Fsp3) is 0.316. The van der Waals surface area contributed by atoms with Crippen molar-refractivity contribution in [3.8, 4) is 0 Å². The molecule has 0 aliphatic carbocycles. The van der Waals surface area contributed by atoms with Gasteiger partial charge in [0, 0.05) is 33.2 Å². The smallest absolute Gasteiger partial charge is 0.243 e. The number of nitrogens with one attached hydrogen (secondary N) is 1. The molecule has 1 N–H and O–H groups in total. The van der Waals surface area contributed by atoms with E-state index in [9.17, 15) is 13.2 Å². The zero-order valence-corrected chi connectivity index (χ0v) is 18.5. The Balaban J connectivity index is 2.40. The third kappa shape index (κ3) is 5.84. The fourth-order valence-corrected chi connectivity index (χ4v) is 4.43. The molecule has 1 unspecified atom stereocenters. The van der Waals surface area contributed by atoms with E-state index in [1.807, 2.05) is 13.8 Å². The topological polar surface area (TPSA) is 66.5 Å². The fourth-order valence-electron chi connectivity index (χ4n) is 2.42. The van der Waals surface area contributed by atoms with E-state index in [2.05, 4.69) is 5.32 Å². The van der Waals surface area contributed by atoms with Gasteiger partial charge in [0.15, 0.2) is 0 Å². The van der Waals surface area contributed by atoms with Crippen LogP contribution in [0.4, 0.5) is 0 Å². The zero-order chi connectivity index (χ0) is 20.9. The van der Waals surface area contributed by atoms with Crippen molar-refractivity contribution >= 4 is 50.7 Å². The Morgan fingerprint density at radius 2 is 1.64 bits per heavy atom. The van der Waals surface area contributed by atoms with Crippen molar-refractivity contribution in [2.24, 2.45) is 0 Å². The van der Waals surface area contributed by atoms with Gasteiger partial charge in [0.1, 0.15) is 0 Å². The molecule has 9 heteroatoms. The molecule has 0 aliphatic rings. The Kier molecular flexibility index (Phi) is 8.16. The van der Waals surface area contributed by atoms with Crippen molar-refractivity contribution in [2.45, 2.75) is 37.8 Å².